The van der Waals surface area contributed by atoms with Crippen LogP contribution in [0.3, 0.4) is 0 Å². The maximum Gasteiger partial charge on any atom is 0.262 e. The van der Waals surface area contributed by atoms with E-state index < -0.39 is 0 Å². The van der Waals surface area contributed by atoms with Gasteiger partial charge in [0, 0.05) is 40.8 Å². The van der Waals surface area contributed by atoms with Crippen LogP contribution in [0.4, 0.5) is 5.00 Å². The van der Waals surface area contributed by atoms with Gasteiger partial charge in [0.25, 0.3) is 5.91 Å². The van der Waals surface area contributed by atoms with Gasteiger partial charge in [0.05, 0.1) is 18.8 Å². The molecule has 172 valence electrons. The summed E-state index contributed by atoms with van der Waals surface area (Å²) < 4.78 is 5.46. The lowest BCUT2D eigenvalue weighted by atomic mass is 10.0. The largest absolute Gasteiger partial charge is 0.378 e. The molecule has 0 spiro atoms. The molecular formula is C24H29Cl2N3O2S. The quantitative estimate of drug-likeness (QED) is 0.411. The minimum atomic E-state index is -0.170. The molecule has 8 heteroatoms. The average Bonchev–Trinajstić information content (AvgIpc) is 3.16. The van der Waals surface area contributed by atoms with Crippen LogP contribution in [0, 0.1) is 17.2 Å². The summed E-state index contributed by atoms with van der Waals surface area (Å²) in [7, 11) is 0. The Kier molecular flexibility index (Phi) is 9.24. The standard InChI is InChI=1S/C24H29Cl2N3O2S/c1-16(2)6-4-3-5-9-28-23(30)22-21(18-8-7-17(25)14-20(18)26)19(15-27)24(32-22)29-10-12-31-13-11-29/h7-8,14,16H,3-6,9-13H2,1-2H3,(H,28,30). The number of unbranched alkanes of at least 4 members (excludes halogenated alkanes) is 2. The first-order chi connectivity index (χ1) is 15.4. The third-order valence-electron chi connectivity index (χ3n) is 5.45. The number of benzene rings is 1. The highest BCUT2D eigenvalue weighted by Gasteiger charge is 2.28. The lowest BCUT2D eigenvalue weighted by Gasteiger charge is -2.27. The number of hydrogen-bond donors (Lipinski definition) is 1. The van der Waals surface area contributed by atoms with E-state index >= 15 is 0 Å². The Labute approximate surface area is 204 Å². The van der Waals surface area contributed by atoms with Crippen LogP contribution in [-0.2, 0) is 4.74 Å². The molecule has 5 nitrogen and oxygen atoms in total. The predicted octanol–water partition coefficient (Wildman–Crippen LogP) is 6.38. The fraction of sp³-hybridized carbons (Fsp3) is 0.500. The molecule has 1 aliphatic rings. The molecule has 0 bridgehead atoms. The second-order valence-electron chi connectivity index (χ2n) is 8.32. The summed E-state index contributed by atoms with van der Waals surface area (Å²) in [4.78, 5) is 15.8. The smallest absolute Gasteiger partial charge is 0.262 e. The zero-order chi connectivity index (χ0) is 23.1. The van der Waals surface area contributed by atoms with Gasteiger partial charge in [-0.2, -0.15) is 5.26 Å². The molecule has 1 saturated heterocycles. The van der Waals surface area contributed by atoms with Crippen molar-refractivity contribution in [2.24, 2.45) is 5.92 Å². The van der Waals surface area contributed by atoms with E-state index in [9.17, 15) is 10.1 Å². The summed E-state index contributed by atoms with van der Waals surface area (Å²) in [5.74, 6) is 0.529. The number of nitriles is 1. The Morgan fingerprint density at radius 1 is 1.25 bits per heavy atom. The Morgan fingerprint density at radius 3 is 2.66 bits per heavy atom. The molecule has 1 amide bonds. The number of carbonyl (C=O) groups is 1. The highest BCUT2D eigenvalue weighted by atomic mass is 35.5. The van der Waals surface area contributed by atoms with Crippen molar-refractivity contribution in [2.45, 2.75) is 39.5 Å². The van der Waals surface area contributed by atoms with E-state index in [1.165, 1.54) is 17.8 Å². The first-order valence-corrected chi connectivity index (χ1v) is 12.6. The van der Waals surface area contributed by atoms with E-state index in [0.29, 0.717) is 70.4 Å². The van der Waals surface area contributed by atoms with Gasteiger partial charge >= 0.3 is 0 Å². The number of rotatable bonds is 9. The molecule has 0 unspecified atom stereocenters. The molecule has 0 saturated carbocycles. The normalized spacial score (nSPS) is 13.9. The minimum absolute atomic E-state index is 0.170. The van der Waals surface area contributed by atoms with Crippen molar-refractivity contribution < 1.29 is 9.53 Å². The van der Waals surface area contributed by atoms with Crippen LogP contribution in [0.15, 0.2) is 18.2 Å². The zero-order valence-corrected chi connectivity index (χ0v) is 20.9. The van der Waals surface area contributed by atoms with Crippen molar-refractivity contribution in [3.05, 3.63) is 38.7 Å². The summed E-state index contributed by atoms with van der Waals surface area (Å²) >= 11 is 13.9. The first kappa shape index (κ1) is 24.9. The Hall–Kier alpha value is -1.78. The van der Waals surface area contributed by atoms with Gasteiger partial charge in [0.1, 0.15) is 15.9 Å². The fourth-order valence-electron chi connectivity index (χ4n) is 3.76. The zero-order valence-electron chi connectivity index (χ0n) is 18.5. The van der Waals surface area contributed by atoms with E-state index in [4.69, 9.17) is 27.9 Å². The lowest BCUT2D eigenvalue weighted by molar-refractivity contribution is 0.0957. The van der Waals surface area contributed by atoms with Gasteiger partial charge < -0.3 is 15.0 Å². The van der Waals surface area contributed by atoms with Crippen molar-refractivity contribution in [1.82, 2.24) is 5.32 Å². The predicted molar refractivity (Wildman–Crippen MR) is 133 cm³/mol. The van der Waals surface area contributed by atoms with Gasteiger partial charge in [-0.1, -0.05) is 62.4 Å². The van der Waals surface area contributed by atoms with Crippen molar-refractivity contribution in [3.63, 3.8) is 0 Å². The molecule has 32 heavy (non-hydrogen) atoms. The summed E-state index contributed by atoms with van der Waals surface area (Å²) in [5.41, 5.74) is 1.70. The van der Waals surface area contributed by atoms with Crippen LogP contribution in [-0.4, -0.2) is 38.8 Å². The summed E-state index contributed by atoms with van der Waals surface area (Å²) in [6.07, 6.45) is 4.38. The molecule has 1 N–H and O–H groups in total. The molecule has 3 rings (SSSR count). The fourth-order valence-corrected chi connectivity index (χ4v) is 5.49. The third kappa shape index (κ3) is 6.17. The molecule has 1 aromatic heterocycles. The number of thiophene rings is 1. The topological polar surface area (TPSA) is 65.4 Å². The molecule has 0 aliphatic carbocycles. The maximum absolute atomic E-state index is 13.2. The number of amides is 1. The van der Waals surface area contributed by atoms with Crippen molar-refractivity contribution in [2.75, 3.05) is 37.7 Å². The van der Waals surface area contributed by atoms with Crippen molar-refractivity contribution in [3.8, 4) is 17.2 Å². The molecule has 2 heterocycles. The van der Waals surface area contributed by atoms with Crippen LogP contribution < -0.4 is 10.2 Å². The van der Waals surface area contributed by atoms with Crippen LogP contribution in [0.25, 0.3) is 11.1 Å². The molecule has 1 aromatic carbocycles. The number of morpholine rings is 1. The van der Waals surface area contributed by atoms with E-state index in [1.54, 1.807) is 18.2 Å². The SMILES string of the molecule is CC(C)CCCCCNC(=O)c1sc(N2CCOCC2)c(C#N)c1-c1ccc(Cl)cc1Cl. The molecule has 1 fully saturated rings. The number of nitrogens with zero attached hydrogens (tertiary/aromatic N) is 2. The molecule has 1 aliphatic heterocycles. The number of anilines is 1. The summed E-state index contributed by atoms with van der Waals surface area (Å²) in [6.45, 7) is 7.61. The number of halogens is 2. The monoisotopic (exact) mass is 493 g/mol. The maximum atomic E-state index is 13.2. The van der Waals surface area contributed by atoms with Crippen LogP contribution in [0.1, 0.15) is 54.8 Å². The number of carbonyl (C=O) groups excluding carboxylic acids is 1. The molecular weight excluding hydrogens is 465 g/mol. The summed E-state index contributed by atoms with van der Waals surface area (Å²) in [5, 5.41) is 14.8. The van der Waals surface area contributed by atoms with Gasteiger partial charge in [-0.25, -0.2) is 0 Å². The minimum Gasteiger partial charge on any atom is -0.378 e. The van der Waals surface area contributed by atoms with Gasteiger partial charge in [-0.3, -0.25) is 4.79 Å². The second-order valence-corrected chi connectivity index (χ2v) is 10.2. The highest BCUT2D eigenvalue weighted by molar-refractivity contribution is 7.19. The first-order valence-electron chi connectivity index (χ1n) is 11.1. The number of hydrogen-bond acceptors (Lipinski definition) is 5. The van der Waals surface area contributed by atoms with E-state index in [0.717, 1.165) is 24.3 Å². The Balaban J connectivity index is 1.88. The van der Waals surface area contributed by atoms with Crippen LogP contribution >= 0.6 is 34.5 Å². The Bertz CT molecular complexity index is 978. The third-order valence-corrected chi connectivity index (χ3v) is 7.25. The van der Waals surface area contributed by atoms with Gasteiger partial charge in [0.2, 0.25) is 0 Å². The number of ether oxygens (including phenoxy) is 1. The van der Waals surface area contributed by atoms with Crippen molar-refractivity contribution in [1.29, 1.82) is 5.26 Å². The van der Waals surface area contributed by atoms with Crippen molar-refractivity contribution >= 4 is 45.4 Å². The van der Waals surface area contributed by atoms with E-state index in [-0.39, 0.29) is 5.91 Å². The second kappa shape index (κ2) is 11.9. The highest BCUT2D eigenvalue weighted by Crippen LogP contribution is 2.44. The van der Waals surface area contributed by atoms with Crippen LogP contribution in [0.2, 0.25) is 10.0 Å². The van der Waals surface area contributed by atoms with Crippen LogP contribution in [0.5, 0.6) is 0 Å². The number of nitrogens with one attached hydrogen (secondary N) is 1. The lowest BCUT2D eigenvalue weighted by Crippen LogP contribution is -2.36. The molecule has 0 radical (unpaired) electrons. The molecule has 0 atom stereocenters. The molecule has 2 aromatic rings. The van der Waals surface area contributed by atoms with Gasteiger partial charge in [-0.05, 0) is 24.5 Å². The van der Waals surface area contributed by atoms with Gasteiger partial charge in [-0.15, -0.1) is 11.3 Å². The van der Waals surface area contributed by atoms with Gasteiger partial charge in [0.15, 0.2) is 0 Å². The average molecular weight is 494 g/mol. The van der Waals surface area contributed by atoms with E-state index in [2.05, 4.69) is 30.1 Å². The summed E-state index contributed by atoms with van der Waals surface area (Å²) in [6, 6.07) is 7.47. The van der Waals surface area contributed by atoms with E-state index in [1.807, 2.05) is 0 Å². The Morgan fingerprint density at radius 2 is 2.00 bits per heavy atom.